The largest absolute Gasteiger partial charge is 0.469 e. The van der Waals surface area contributed by atoms with E-state index < -0.39 is 11.9 Å². The third kappa shape index (κ3) is 7.36. The number of aromatic nitrogens is 2. The van der Waals surface area contributed by atoms with Crippen LogP contribution in [0.2, 0.25) is 0 Å². The molecular weight excluding hydrogens is 385 g/mol. The first-order valence-corrected chi connectivity index (χ1v) is 9.38. The Morgan fingerprint density at radius 1 is 1.28 bits per heavy atom. The SMILES string of the molecule is C=C/C(=C\C=C(/C)CC(=O)OC)Cc1cc(C(F)(F)F)nc(OC2CCCC2)n1. The summed E-state index contributed by atoms with van der Waals surface area (Å²) in [4.78, 5) is 19.0. The minimum Gasteiger partial charge on any atom is -0.469 e. The highest BCUT2D eigenvalue weighted by Gasteiger charge is 2.34. The molecule has 1 fully saturated rings. The van der Waals surface area contributed by atoms with Gasteiger partial charge in [-0.2, -0.15) is 23.1 Å². The minimum absolute atomic E-state index is 0.123. The van der Waals surface area contributed by atoms with Crippen molar-refractivity contribution in [1.82, 2.24) is 9.97 Å². The van der Waals surface area contributed by atoms with Crippen LogP contribution in [0.3, 0.4) is 0 Å². The van der Waals surface area contributed by atoms with Crippen molar-refractivity contribution in [2.75, 3.05) is 7.11 Å². The van der Waals surface area contributed by atoms with Gasteiger partial charge in [0, 0.05) is 6.42 Å². The van der Waals surface area contributed by atoms with Crippen molar-refractivity contribution in [2.24, 2.45) is 0 Å². The molecule has 0 aromatic carbocycles. The Morgan fingerprint density at radius 2 is 1.97 bits per heavy atom. The first-order chi connectivity index (χ1) is 13.7. The molecule has 29 heavy (non-hydrogen) atoms. The number of alkyl halides is 3. The van der Waals surface area contributed by atoms with Crippen LogP contribution < -0.4 is 4.74 Å². The fourth-order valence-electron chi connectivity index (χ4n) is 2.93. The van der Waals surface area contributed by atoms with Crippen LogP contribution in [0.25, 0.3) is 0 Å². The summed E-state index contributed by atoms with van der Waals surface area (Å²) in [5.74, 6) is -0.369. The highest BCUT2D eigenvalue weighted by atomic mass is 19.4. The van der Waals surface area contributed by atoms with E-state index in [1.165, 1.54) is 13.2 Å². The average Bonchev–Trinajstić information content (AvgIpc) is 3.17. The van der Waals surface area contributed by atoms with Crippen molar-refractivity contribution < 1.29 is 27.4 Å². The Kier molecular flexibility index (Phi) is 7.99. The minimum atomic E-state index is -4.60. The predicted molar refractivity (Wildman–Crippen MR) is 102 cm³/mol. The fraction of sp³-hybridized carbons (Fsp3) is 0.476. The maximum absolute atomic E-state index is 13.3. The molecule has 1 aliphatic rings. The van der Waals surface area contributed by atoms with E-state index in [0.29, 0.717) is 5.57 Å². The van der Waals surface area contributed by atoms with Crippen LogP contribution in [0.1, 0.15) is 50.4 Å². The van der Waals surface area contributed by atoms with Crippen LogP contribution in [0, 0.1) is 0 Å². The number of allylic oxidation sites excluding steroid dienone is 4. The molecule has 0 radical (unpaired) electrons. The second-order valence-corrected chi connectivity index (χ2v) is 6.94. The Hall–Kier alpha value is -2.64. The van der Waals surface area contributed by atoms with Crippen molar-refractivity contribution >= 4 is 5.97 Å². The molecule has 158 valence electrons. The van der Waals surface area contributed by atoms with Gasteiger partial charge >= 0.3 is 18.2 Å². The number of methoxy groups -OCH3 is 1. The van der Waals surface area contributed by atoms with E-state index in [4.69, 9.17) is 4.74 Å². The van der Waals surface area contributed by atoms with E-state index in [-0.39, 0.29) is 36.6 Å². The lowest BCUT2D eigenvalue weighted by Gasteiger charge is -2.14. The van der Waals surface area contributed by atoms with Crippen molar-refractivity contribution in [3.8, 4) is 6.01 Å². The summed E-state index contributed by atoms with van der Waals surface area (Å²) in [6, 6.07) is 0.673. The molecule has 1 aromatic rings. The van der Waals surface area contributed by atoms with Gasteiger partial charge in [-0.25, -0.2) is 0 Å². The summed E-state index contributed by atoms with van der Waals surface area (Å²) in [5.41, 5.74) is 0.551. The van der Waals surface area contributed by atoms with E-state index in [9.17, 15) is 18.0 Å². The molecule has 5 nitrogen and oxygen atoms in total. The number of carbonyl (C=O) groups excluding carboxylic acids is 1. The Morgan fingerprint density at radius 3 is 2.55 bits per heavy atom. The molecule has 0 spiro atoms. The number of hydrogen-bond acceptors (Lipinski definition) is 5. The lowest BCUT2D eigenvalue weighted by atomic mass is 10.1. The maximum Gasteiger partial charge on any atom is 0.433 e. The molecule has 1 saturated carbocycles. The third-order valence-electron chi connectivity index (χ3n) is 4.50. The predicted octanol–water partition coefficient (Wildman–Crippen LogP) is 4.98. The normalized spacial score (nSPS) is 16.0. The van der Waals surface area contributed by atoms with Gasteiger partial charge in [-0.3, -0.25) is 4.79 Å². The summed E-state index contributed by atoms with van der Waals surface area (Å²) in [7, 11) is 1.30. The van der Waals surface area contributed by atoms with Gasteiger partial charge in [-0.15, -0.1) is 0 Å². The molecule has 0 N–H and O–H groups in total. The molecule has 0 bridgehead atoms. The van der Waals surface area contributed by atoms with Gasteiger partial charge in [-0.1, -0.05) is 30.4 Å². The zero-order chi connectivity index (χ0) is 21.4. The van der Waals surface area contributed by atoms with Crippen molar-refractivity contribution in [3.63, 3.8) is 0 Å². The van der Waals surface area contributed by atoms with Crippen LogP contribution in [-0.4, -0.2) is 29.2 Å². The first-order valence-electron chi connectivity index (χ1n) is 9.38. The standard InChI is InChI=1S/C21H25F3N2O3/c1-4-15(10-9-14(2)11-19(27)28-3)12-16-13-18(21(22,23)24)26-20(25-16)29-17-7-5-6-8-17/h4,9-10,13,17H,1,5-8,11-12H2,2-3H3/b14-9+,15-10+. The highest BCUT2D eigenvalue weighted by Crippen LogP contribution is 2.30. The lowest BCUT2D eigenvalue weighted by Crippen LogP contribution is -2.17. The second kappa shape index (κ2) is 10.2. The Balaban J connectivity index is 2.23. The molecule has 0 amide bonds. The highest BCUT2D eigenvalue weighted by molar-refractivity contribution is 5.72. The van der Waals surface area contributed by atoms with E-state index >= 15 is 0 Å². The topological polar surface area (TPSA) is 61.3 Å². The number of hydrogen-bond donors (Lipinski definition) is 0. The number of rotatable bonds is 8. The third-order valence-corrected chi connectivity index (χ3v) is 4.50. The molecule has 1 heterocycles. The molecule has 0 unspecified atom stereocenters. The van der Waals surface area contributed by atoms with Crippen molar-refractivity contribution in [1.29, 1.82) is 0 Å². The van der Waals surface area contributed by atoms with Gasteiger partial charge in [0.2, 0.25) is 0 Å². The number of halogens is 3. The number of carbonyl (C=O) groups is 1. The van der Waals surface area contributed by atoms with Crippen LogP contribution in [0.15, 0.2) is 42.0 Å². The Labute approximate surface area is 168 Å². The summed E-state index contributed by atoms with van der Waals surface area (Å²) < 4.78 is 50.0. The zero-order valence-electron chi connectivity index (χ0n) is 16.6. The van der Waals surface area contributed by atoms with E-state index in [2.05, 4.69) is 21.3 Å². The molecule has 0 saturated heterocycles. The van der Waals surface area contributed by atoms with Gasteiger partial charge in [0.25, 0.3) is 0 Å². The van der Waals surface area contributed by atoms with Crippen LogP contribution in [-0.2, 0) is 22.1 Å². The number of esters is 1. The molecule has 8 heteroatoms. The molecular formula is C21H25F3N2O3. The van der Waals surface area contributed by atoms with Gasteiger partial charge in [0.05, 0.1) is 19.2 Å². The lowest BCUT2D eigenvalue weighted by molar-refractivity contribution is -0.142. The Bertz CT molecular complexity index is 795. The smallest absolute Gasteiger partial charge is 0.433 e. The second-order valence-electron chi connectivity index (χ2n) is 6.94. The van der Waals surface area contributed by atoms with Crippen molar-refractivity contribution in [2.45, 2.75) is 57.7 Å². The first kappa shape index (κ1) is 22.6. The summed E-state index contributed by atoms with van der Waals surface area (Å²) in [6.45, 7) is 5.46. The van der Waals surface area contributed by atoms with Gasteiger partial charge in [-0.05, 0) is 44.2 Å². The summed E-state index contributed by atoms with van der Waals surface area (Å²) >= 11 is 0. The molecule has 2 rings (SSSR count). The summed E-state index contributed by atoms with van der Waals surface area (Å²) in [5, 5.41) is 0. The zero-order valence-corrected chi connectivity index (χ0v) is 16.6. The van der Waals surface area contributed by atoms with Gasteiger partial charge in [0.1, 0.15) is 6.10 Å². The van der Waals surface area contributed by atoms with E-state index in [1.54, 1.807) is 19.1 Å². The van der Waals surface area contributed by atoms with Crippen molar-refractivity contribution in [3.05, 3.63) is 53.4 Å². The van der Waals surface area contributed by atoms with Crippen LogP contribution in [0.5, 0.6) is 6.01 Å². The molecule has 0 aliphatic heterocycles. The molecule has 0 atom stereocenters. The van der Waals surface area contributed by atoms with Crippen LogP contribution >= 0.6 is 0 Å². The summed E-state index contributed by atoms with van der Waals surface area (Å²) in [6.07, 6.45) is 3.98. The van der Waals surface area contributed by atoms with E-state index in [0.717, 1.165) is 37.3 Å². The average molecular weight is 410 g/mol. The van der Waals surface area contributed by atoms with Gasteiger partial charge < -0.3 is 9.47 Å². The maximum atomic E-state index is 13.3. The molecule has 1 aliphatic carbocycles. The monoisotopic (exact) mass is 410 g/mol. The molecule has 1 aromatic heterocycles. The fourth-order valence-corrected chi connectivity index (χ4v) is 2.93. The van der Waals surface area contributed by atoms with Gasteiger partial charge in [0.15, 0.2) is 5.69 Å². The quantitative estimate of drug-likeness (QED) is 0.447. The number of ether oxygens (including phenoxy) is 2. The van der Waals surface area contributed by atoms with Crippen LogP contribution in [0.4, 0.5) is 13.2 Å². The van der Waals surface area contributed by atoms with E-state index in [1.807, 2.05) is 0 Å². The number of nitrogens with zero attached hydrogens (tertiary/aromatic N) is 2.